The fraction of sp³-hybridized carbons (Fsp3) is 0.714. The van der Waals surface area contributed by atoms with E-state index < -0.39 is 0 Å². The summed E-state index contributed by atoms with van der Waals surface area (Å²) in [5, 5.41) is 0.358. The first kappa shape index (κ1) is 12.2. The summed E-state index contributed by atoms with van der Waals surface area (Å²) in [4.78, 5) is 10.8. The van der Waals surface area contributed by atoms with Gasteiger partial charge in [-0.2, -0.15) is 0 Å². The van der Waals surface area contributed by atoms with E-state index in [1.54, 1.807) is 0 Å². The molecule has 0 aromatic carbocycles. The molecule has 2 fully saturated rings. The van der Waals surface area contributed by atoms with Crippen molar-refractivity contribution >= 4 is 17.4 Å². The second-order valence-electron chi connectivity index (χ2n) is 5.84. The molecule has 2 heterocycles. The molecule has 1 saturated carbocycles. The van der Waals surface area contributed by atoms with Crippen molar-refractivity contribution in [1.82, 2.24) is 9.97 Å². The summed E-state index contributed by atoms with van der Waals surface area (Å²) in [5.41, 5.74) is 1.78. The van der Waals surface area contributed by atoms with E-state index in [-0.39, 0.29) is 0 Å². The van der Waals surface area contributed by atoms with E-state index in [9.17, 15) is 0 Å². The van der Waals surface area contributed by atoms with Crippen LogP contribution in [-0.4, -0.2) is 23.1 Å². The lowest BCUT2D eigenvalue weighted by Gasteiger charge is -2.40. The summed E-state index contributed by atoms with van der Waals surface area (Å²) in [7, 11) is 0. The van der Waals surface area contributed by atoms with Gasteiger partial charge in [-0.1, -0.05) is 12.8 Å². The number of anilines is 1. The van der Waals surface area contributed by atoms with Gasteiger partial charge in [0.25, 0.3) is 0 Å². The largest absolute Gasteiger partial charge is 0.356 e. The number of hydrogen-bond acceptors (Lipinski definition) is 3. The molecule has 3 rings (SSSR count). The van der Waals surface area contributed by atoms with Crippen LogP contribution in [-0.2, 0) is 0 Å². The third kappa shape index (κ3) is 2.20. The molecule has 1 aromatic heterocycles. The lowest BCUT2D eigenvalue weighted by Crippen LogP contribution is -2.39. The van der Waals surface area contributed by atoms with Crippen LogP contribution in [0.15, 0.2) is 6.20 Å². The highest BCUT2D eigenvalue weighted by Crippen LogP contribution is 2.46. The summed E-state index contributed by atoms with van der Waals surface area (Å²) in [5.74, 6) is 1.03. The second kappa shape index (κ2) is 4.69. The summed E-state index contributed by atoms with van der Waals surface area (Å²) in [6.45, 7) is 4.30. The smallest absolute Gasteiger partial charge is 0.224 e. The van der Waals surface area contributed by atoms with Gasteiger partial charge in [-0.3, -0.25) is 0 Å². The fourth-order valence-corrected chi connectivity index (χ4v) is 3.68. The molecule has 0 N–H and O–H groups in total. The normalized spacial score (nSPS) is 22.7. The number of aromatic nitrogens is 2. The van der Waals surface area contributed by atoms with Gasteiger partial charge in [0.2, 0.25) is 5.28 Å². The molecule has 0 amide bonds. The Labute approximate surface area is 114 Å². The van der Waals surface area contributed by atoms with Crippen LogP contribution in [0.3, 0.4) is 0 Å². The van der Waals surface area contributed by atoms with E-state index in [4.69, 9.17) is 11.6 Å². The minimum Gasteiger partial charge on any atom is -0.356 e. The molecule has 0 atom stereocenters. The first-order valence-corrected chi connectivity index (χ1v) is 7.30. The number of nitrogens with zero attached hydrogens (tertiary/aromatic N) is 3. The maximum absolute atomic E-state index is 5.91. The molecular formula is C14H20ClN3. The number of halogens is 1. The predicted molar refractivity (Wildman–Crippen MR) is 74.1 cm³/mol. The van der Waals surface area contributed by atoms with Gasteiger partial charge in [0.15, 0.2) is 0 Å². The van der Waals surface area contributed by atoms with E-state index in [1.165, 1.54) is 38.5 Å². The highest BCUT2D eigenvalue weighted by atomic mass is 35.5. The first-order chi connectivity index (χ1) is 8.69. The molecule has 1 aromatic rings. The molecule has 4 heteroatoms. The quantitative estimate of drug-likeness (QED) is 0.727. The van der Waals surface area contributed by atoms with E-state index in [0.29, 0.717) is 10.7 Å². The van der Waals surface area contributed by atoms with Gasteiger partial charge in [-0.05, 0) is 49.6 Å². The minimum absolute atomic E-state index is 0.358. The lowest BCUT2D eigenvalue weighted by molar-refractivity contribution is 0.226. The Balaban J connectivity index is 1.74. The van der Waals surface area contributed by atoms with E-state index in [2.05, 4.69) is 21.8 Å². The van der Waals surface area contributed by atoms with Crippen molar-refractivity contribution in [2.45, 2.75) is 45.4 Å². The number of piperidine rings is 1. The van der Waals surface area contributed by atoms with Gasteiger partial charge < -0.3 is 4.90 Å². The zero-order valence-electron chi connectivity index (χ0n) is 11.0. The molecule has 1 aliphatic heterocycles. The molecule has 2 aliphatic rings. The van der Waals surface area contributed by atoms with Crippen LogP contribution in [0.2, 0.25) is 5.28 Å². The molecule has 1 spiro atoms. The molecule has 3 nitrogen and oxygen atoms in total. The Hall–Kier alpha value is -0.830. The van der Waals surface area contributed by atoms with Gasteiger partial charge in [0.1, 0.15) is 5.82 Å². The molecular weight excluding hydrogens is 246 g/mol. The molecule has 0 unspecified atom stereocenters. The molecule has 98 valence electrons. The Kier molecular flexibility index (Phi) is 3.18. The van der Waals surface area contributed by atoms with Gasteiger partial charge in [-0.15, -0.1) is 0 Å². The van der Waals surface area contributed by atoms with Crippen LogP contribution in [0.1, 0.15) is 44.1 Å². The lowest BCUT2D eigenvalue weighted by atomic mass is 9.77. The maximum atomic E-state index is 5.91. The molecule has 0 radical (unpaired) electrons. The Morgan fingerprint density at radius 1 is 1.17 bits per heavy atom. The van der Waals surface area contributed by atoms with Gasteiger partial charge in [0.05, 0.1) is 0 Å². The van der Waals surface area contributed by atoms with Crippen molar-refractivity contribution in [3.05, 3.63) is 17.0 Å². The Morgan fingerprint density at radius 3 is 2.50 bits per heavy atom. The predicted octanol–water partition coefficient (Wildman–Crippen LogP) is 3.60. The second-order valence-corrected chi connectivity index (χ2v) is 6.18. The zero-order valence-corrected chi connectivity index (χ0v) is 11.7. The van der Waals surface area contributed by atoms with Crippen molar-refractivity contribution in [2.24, 2.45) is 5.41 Å². The Bertz CT molecular complexity index is 431. The maximum Gasteiger partial charge on any atom is 0.224 e. The standard InChI is InChI=1S/C14H20ClN3/c1-11-10-16-13(15)17-12(11)18-8-6-14(7-9-18)4-2-3-5-14/h10H,2-9H2,1H3. The monoisotopic (exact) mass is 265 g/mol. The summed E-state index contributed by atoms with van der Waals surface area (Å²) in [6, 6.07) is 0. The van der Waals surface area contributed by atoms with Crippen LogP contribution in [0, 0.1) is 12.3 Å². The summed E-state index contributed by atoms with van der Waals surface area (Å²) in [6.07, 6.45) is 10.2. The highest BCUT2D eigenvalue weighted by Gasteiger charge is 2.37. The van der Waals surface area contributed by atoms with Crippen molar-refractivity contribution in [3.8, 4) is 0 Å². The summed E-state index contributed by atoms with van der Waals surface area (Å²) < 4.78 is 0. The van der Waals surface area contributed by atoms with Crippen molar-refractivity contribution in [1.29, 1.82) is 0 Å². The van der Waals surface area contributed by atoms with Gasteiger partial charge in [-0.25, -0.2) is 9.97 Å². The molecule has 1 saturated heterocycles. The van der Waals surface area contributed by atoms with Crippen molar-refractivity contribution in [2.75, 3.05) is 18.0 Å². The number of hydrogen-bond donors (Lipinski definition) is 0. The van der Waals surface area contributed by atoms with Crippen LogP contribution in [0.4, 0.5) is 5.82 Å². The van der Waals surface area contributed by atoms with Crippen molar-refractivity contribution in [3.63, 3.8) is 0 Å². The molecule has 18 heavy (non-hydrogen) atoms. The van der Waals surface area contributed by atoms with E-state index in [0.717, 1.165) is 24.5 Å². The summed E-state index contributed by atoms with van der Waals surface area (Å²) >= 11 is 5.91. The average Bonchev–Trinajstić information content (AvgIpc) is 2.82. The Morgan fingerprint density at radius 2 is 1.83 bits per heavy atom. The van der Waals surface area contributed by atoms with Crippen LogP contribution in [0.5, 0.6) is 0 Å². The van der Waals surface area contributed by atoms with E-state index in [1.807, 2.05) is 6.20 Å². The topological polar surface area (TPSA) is 29.0 Å². The fourth-order valence-electron chi connectivity index (χ4n) is 3.55. The van der Waals surface area contributed by atoms with Crippen LogP contribution < -0.4 is 4.90 Å². The SMILES string of the molecule is Cc1cnc(Cl)nc1N1CCC2(CCCC2)CC1. The third-order valence-electron chi connectivity index (χ3n) is 4.70. The third-order valence-corrected chi connectivity index (χ3v) is 4.89. The van der Waals surface area contributed by atoms with Gasteiger partial charge in [0, 0.05) is 24.8 Å². The zero-order chi connectivity index (χ0) is 12.6. The van der Waals surface area contributed by atoms with Gasteiger partial charge >= 0.3 is 0 Å². The average molecular weight is 266 g/mol. The minimum atomic E-state index is 0.358. The first-order valence-electron chi connectivity index (χ1n) is 6.93. The number of aryl methyl sites for hydroxylation is 1. The van der Waals surface area contributed by atoms with Crippen molar-refractivity contribution < 1.29 is 0 Å². The van der Waals surface area contributed by atoms with E-state index >= 15 is 0 Å². The molecule has 1 aliphatic carbocycles. The van der Waals surface area contributed by atoms with Crippen LogP contribution in [0.25, 0.3) is 0 Å². The number of rotatable bonds is 1. The van der Waals surface area contributed by atoms with Crippen LogP contribution >= 0.6 is 11.6 Å². The highest BCUT2D eigenvalue weighted by molar-refractivity contribution is 6.28. The molecule has 0 bridgehead atoms.